The largest absolute Gasteiger partial charge is 0.289 e. The molecule has 0 radical (unpaired) electrons. The summed E-state index contributed by atoms with van der Waals surface area (Å²) in [5, 5.41) is 0. The average Bonchev–Trinajstić information content (AvgIpc) is 2.88. The minimum Gasteiger partial charge on any atom is -0.289 e. The zero-order valence-electron chi connectivity index (χ0n) is 17.9. The summed E-state index contributed by atoms with van der Waals surface area (Å²) in [7, 11) is 0. The van der Waals surface area contributed by atoms with Crippen molar-refractivity contribution in [2.75, 3.05) is 0 Å². The van der Waals surface area contributed by atoms with E-state index in [2.05, 4.69) is 0 Å². The van der Waals surface area contributed by atoms with Crippen LogP contribution >= 0.6 is 0 Å². The Labute approximate surface area is 195 Å². The van der Waals surface area contributed by atoms with Crippen LogP contribution in [0, 0.1) is 0 Å². The van der Waals surface area contributed by atoms with E-state index in [1.807, 2.05) is 0 Å². The molecule has 4 aromatic rings. The molecule has 160 valence electrons. The second-order valence-corrected chi connectivity index (χ2v) is 8.28. The Hall–Kier alpha value is -4.70. The average molecular weight is 440 g/mol. The fourth-order valence-corrected chi connectivity index (χ4v) is 4.80. The van der Waals surface area contributed by atoms with Gasteiger partial charge in [0.1, 0.15) is 0 Å². The van der Waals surface area contributed by atoms with Crippen molar-refractivity contribution in [3.05, 3.63) is 141 Å². The van der Waals surface area contributed by atoms with Crippen LogP contribution in [0.2, 0.25) is 0 Å². The van der Waals surface area contributed by atoms with Crippen molar-refractivity contribution in [1.82, 2.24) is 0 Å². The van der Waals surface area contributed by atoms with Gasteiger partial charge < -0.3 is 0 Å². The van der Waals surface area contributed by atoms with E-state index >= 15 is 0 Å². The van der Waals surface area contributed by atoms with Gasteiger partial charge in [-0.05, 0) is 11.1 Å². The lowest BCUT2D eigenvalue weighted by Crippen LogP contribution is -2.22. The Morgan fingerprint density at radius 3 is 1.06 bits per heavy atom. The van der Waals surface area contributed by atoms with E-state index < -0.39 is 0 Å². The summed E-state index contributed by atoms with van der Waals surface area (Å²) in [5.41, 5.74) is 4.16. The molecule has 2 aliphatic carbocycles. The molecule has 2 aliphatic rings. The van der Waals surface area contributed by atoms with Gasteiger partial charge in [0, 0.05) is 44.5 Å². The maximum Gasteiger partial charge on any atom is 0.195 e. The van der Waals surface area contributed by atoms with Crippen molar-refractivity contribution in [2.45, 2.75) is 0 Å². The van der Waals surface area contributed by atoms with E-state index in [0.717, 1.165) is 0 Å². The summed E-state index contributed by atoms with van der Waals surface area (Å²) in [6, 6.07) is 24.0. The van der Waals surface area contributed by atoms with E-state index in [9.17, 15) is 19.2 Å². The van der Waals surface area contributed by atoms with Crippen LogP contribution in [0.4, 0.5) is 0 Å². The standard InChI is InChI=1S/C30H16O4/c31-27-19-9-1-3-11-21(19)29(33)25-17(7-5-13-23(25)27)15-16-18-8-6-14-24-26(18)30(34)22-12-4-2-10-20(22)28(24)32/h1-16H. The van der Waals surface area contributed by atoms with Crippen molar-refractivity contribution in [2.24, 2.45) is 0 Å². The van der Waals surface area contributed by atoms with Gasteiger partial charge in [0.05, 0.1) is 0 Å². The van der Waals surface area contributed by atoms with E-state index in [0.29, 0.717) is 55.6 Å². The Balaban J connectivity index is 1.47. The zero-order valence-corrected chi connectivity index (χ0v) is 17.9. The van der Waals surface area contributed by atoms with Crippen LogP contribution in [0.3, 0.4) is 0 Å². The molecule has 0 fully saturated rings. The number of carbonyl (C=O) groups excluding carboxylic acids is 4. The van der Waals surface area contributed by atoms with Gasteiger partial charge >= 0.3 is 0 Å². The van der Waals surface area contributed by atoms with Gasteiger partial charge in [-0.1, -0.05) is 97.1 Å². The molecule has 6 rings (SSSR count). The summed E-state index contributed by atoms with van der Waals surface area (Å²) in [6.45, 7) is 0. The Bertz CT molecular complexity index is 1500. The van der Waals surface area contributed by atoms with Gasteiger partial charge in [-0.25, -0.2) is 0 Å². The molecule has 0 heterocycles. The Kier molecular flexibility index (Phi) is 4.36. The molecule has 0 N–H and O–H groups in total. The van der Waals surface area contributed by atoms with Gasteiger partial charge in [-0.3, -0.25) is 19.2 Å². The molecule has 0 amide bonds. The predicted molar refractivity (Wildman–Crippen MR) is 128 cm³/mol. The molecule has 34 heavy (non-hydrogen) atoms. The molecule has 4 heteroatoms. The molecule has 0 atom stereocenters. The number of rotatable bonds is 2. The number of fused-ring (bicyclic) bond motifs is 4. The fourth-order valence-electron chi connectivity index (χ4n) is 4.80. The molecule has 0 aliphatic heterocycles. The first-order chi connectivity index (χ1) is 16.6. The van der Waals surface area contributed by atoms with Gasteiger partial charge in [0.15, 0.2) is 23.1 Å². The third kappa shape index (κ3) is 2.79. The van der Waals surface area contributed by atoms with Gasteiger partial charge in [-0.2, -0.15) is 0 Å². The number of hydrogen-bond acceptors (Lipinski definition) is 4. The quantitative estimate of drug-likeness (QED) is 0.338. The molecule has 0 saturated carbocycles. The number of ketones is 4. The monoisotopic (exact) mass is 440 g/mol. The van der Waals surface area contributed by atoms with Crippen molar-refractivity contribution in [3.63, 3.8) is 0 Å². The van der Waals surface area contributed by atoms with Crippen LogP contribution in [-0.2, 0) is 0 Å². The molecule has 0 spiro atoms. The topological polar surface area (TPSA) is 68.3 Å². The summed E-state index contributed by atoms with van der Waals surface area (Å²) < 4.78 is 0. The van der Waals surface area contributed by atoms with Crippen LogP contribution < -0.4 is 0 Å². The smallest absolute Gasteiger partial charge is 0.195 e. The highest BCUT2D eigenvalue weighted by molar-refractivity contribution is 6.30. The molecule has 0 aromatic heterocycles. The normalized spacial score (nSPS) is 14.0. The highest BCUT2D eigenvalue weighted by atomic mass is 16.1. The van der Waals surface area contributed by atoms with Gasteiger partial charge in [0.2, 0.25) is 0 Å². The maximum absolute atomic E-state index is 13.3. The fraction of sp³-hybridized carbons (Fsp3) is 0. The SMILES string of the molecule is O=C1c2ccccc2C(=O)c2c(C=Cc3cccc4c3C(=O)c3ccccc3C4=O)cccc21. The summed E-state index contributed by atoms with van der Waals surface area (Å²) in [6.07, 6.45) is 3.46. The number of benzene rings is 4. The van der Waals surface area contributed by atoms with Crippen molar-refractivity contribution in [3.8, 4) is 0 Å². The number of carbonyl (C=O) groups is 4. The third-order valence-corrected chi connectivity index (χ3v) is 6.41. The van der Waals surface area contributed by atoms with Crippen molar-refractivity contribution < 1.29 is 19.2 Å². The van der Waals surface area contributed by atoms with Crippen molar-refractivity contribution in [1.29, 1.82) is 0 Å². The minimum absolute atomic E-state index is 0.185. The molecule has 0 bridgehead atoms. The first-order valence-corrected chi connectivity index (χ1v) is 10.9. The lowest BCUT2D eigenvalue weighted by atomic mass is 9.81. The molecule has 4 nitrogen and oxygen atoms in total. The van der Waals surface area contributed by atoms with Gasteiger partial charge in [0.25, 0.3) is 0 Å². The second-order valence-electron chi connectivity index (χ2n) is 8.28. The first-order valence-electron chi connectivity index (χ1n) is 10.9. The molecular weight excluding hydrogens is 424 g/mol. The molecule has 0 saturated heterocycles. The maximum atomic E-state index is 13.3. The molecule has 0 unspecified atom stereocenters. The number of hydrogen-bond donors (Lipinski definition) is 0. The Morgan fingerprint density at radius 2 is 0.676 bits per heavy atom. The zero-order chi connectivity index (χ0) is 23.4. The second kappa shape index (κ2) is 7.42. The molecule has 4 aromatic carbocycles. The van der Waals surface area contributed by atoms with E-state index in [1.54, 1.807) is 97.1 Å². The van der Waals surface area contributed by atoms with Crippen LogP contribution in [0.5, 0.6) is 0 Å². The predicted octanol–water partition coefficient (Wildman–Crippen LogP) is 5.41. The van der Waals surface area contributed by atoms with Gasteiger partial charge in [-0.15, -0.1) is 0 Å². The summed E-state index contributed by atoms with van der Waals surface area (Å²) in [5.74, 6) is -0.786. The van der Waals surface area contributed by atoms with E-state index in [-0.39, 0.29) is 23.1 Å². The van der Waals surface area contributed by atoms with Crippen LogP contribution in [0.25, 0.3) is 12.2 Å². The highest BCUT2D eigenvalue weighted by Crippen LogP contribution is 2.32. The lowest BCUT2D eigenvalue weighted by molar-refractivity contribution is 0.0979. The van der Waals surface area contributed by atoms with E-state index in [1.165, 1.54) is 0 Å². The van der Waals surface area contributed by atoms with Crippen LogP contribution in [-0.4, -0.2) is 23.1 Å². The van der Waals surface area contributed by atoms with Crippen molar-refractivity contribution >= 4 is 35.3 Å². The van der Waals surface area contributed by atoms with E-state index in [4.69, 9.17) is 0 Å². The first kappa shape index (κ1) is 19.9. The summed E-state index contributed by atoms with van der Waals surface area (Å²) in [4.78, 5) is 52.5. The van der Waals surface area contributed by atoms with Crippen LogP contribution in [0.15, 0.2) is 84.9 Å². The Morgan fingerprint density at radius 1 is 0.353 bits per heavy atom. The van der Waals surface area contributed by atoms with Crippen LogP contribution in [0.1, 0.15) is 74.8 Å². The summed E-state index contributed by atoms with van der Waals surface area (Å²) >= 11 is 0. The lowest BCUT2D eigenvalue weighted by Gasteiger charge is -2.20. The highest BCUT2D eigenvalue weighted by Gasteiger charge is 2.32. The third-order valence-electron chi connectivity index (χ3n) is 6.41. The minimum atomic E-state index is -0.208. The molecular formula is C30H16O4.